The van der Waals surface area contributed by atoms with Gasteiger partial charge in [-0.1, -0.05) is 6.92 Å². The number of carboxylic acid groups (broad SMARTS) is 1. The van der Waals surface area contributed by atoms with Gasteiger partial charge in [0.2, 0.25) is 0 Å². The highest BCUT2D eigenvalue weighted by atomic mass is 19.1. The zero-order chi connectivity index (χ0) is 20.8. The van der Waals surface area contributed by atoms with Crippen LogP contribution in [0.3, 0.4) is 0 Å². The smallest absolute Gasteiger partial charge is 0.335 e. The van der Waals surface area contributed by atoms with Crippen LogP contribution in [0.5, 0.6) is 5.75 Å². The molecule has 0 spiro atoms. The number of benzene rings is 1. The summed E-state index contributed by atoms with van der Waals surface area (Å²) in [4.78, 5) is 17.3. The van der Waals surface area contributed by atoms with Crippen LogP contribution >= 0.6 is 0 Å². The standard InChI is InChI=1S/C21H28FN3O4/c1-3-18(22)19-23-21(24-29-19)25-10-8-15(9-11-25)5-4-12-28-16-6-7-17(20(26)27)14(2)13-16/h6-7,13,15,18H,3-5,8-12H2,1-2H3,(H,26,27). The number of anilines is 1. The highest BCUT2D eigenvalue weighted by Crippen LogP contribution is 2.27. The van der Waals surface area contributed by atoms with Crippen LogP contribution in [0.4, 0.5) is 10.3 Å². The molecule has 29 heavy (non-hydrogen) atoms. The summed E-state index contributed by atoms with van der Waals surface area (Å²) in [6.07, 6.45) is 3.20. The molecule has 0 amide bonds. The van der Waals surface area contributed by atoms with Crippen molar-refractivity contribution in [2.24, 2.45) is 5.92 Å². The molecule has 1 atom stereocenters. The Balaban J connectivity index is 1.37. The lowest BCUT2D eigenvalue weighted by Gasteiger charge is -2.30. The number of rotatable bonds is 9. The lowest BCUT2D eigenvalue weighted by Crippen LogP contribution is -2.34. The minimum absolute atomic E-state index is 0.0633. The van der Waals surface area contributed by atoms with E-state index >= 15 is 0 Å². The number of aryl methyl sites for hydroxylation is 1. The molecule has 1 N–H and O–H groups in total. The number of aromatic carboxylic acids is 1. The average molecular weight is 405 g/mol. The molecule has 1 aliphatic rings. The molecular formula is C21H28FN3O4. The van der Waals surface area contributed by atoms with Crippen molar-refractivity contribution in [3.8, 4) is 5.75 Å². The predicted octanol–water partition coefficient (Wildman–Crippen LogP) is 4.57. The lowest BCUT2D eigenvalue weighted by molar-refractivity contribution is 0.0696. The van der Waals surface area contributed by atoms with Crippen molar-refractivity contribution in [1.29, 1.82) is 0 Å². The fraction of sp³-hybridized carbons (Fsp3) is 0.571. The van der Waals surface area contributed by atoms with Gasteiger partial charge in [0.15, 0.2) is 6.17 Å². The Kier molecular flexibility index (Phi) is 7.06. The van der Waals surface area contributed by atoms with Gasteiger partial charge in [-0.3, -0.25) is 0 Å². The molecule has 0 bridgehead atoms. The van der Waals surface area contributed by atoms with Crippen molar-refractivity contribution in [1.82, 2.24) is 10.1 Å². The van der Waals surface area contributed by atoms with E-state index in [2.05, 4.69) is 15.0 Å². The highest BCUT2D eigenvalue weighted by molar-refractivity contribution is 5.89. The lowest BCUT2D eigenvalue weighted by atomic mass is 9.92. The van der Waals surface area contributed by atoms with Crippen LogP contribution in [0.15, 0.2) is 22.7 Å². The van der Waals surface area contributed by atoms with Crippen LogP contribution in [0.25, 0.3) is 0 Å². The second kappa shape index (κ2) is 9.71. The maximum absolute atomic E-state index is 13.6. The van der Waals surface area contributed by atoms with Gasteiger partial charge < -0.3 is 19.3 Å². The van der Waals surface area contributed by atoms with Gasteiger partial charge in [-0.25, -0.2) is 9.18 Å². The van der Waals surface area contributed by atoms with E-state index in [1.54, 1.807) is 32.0 Å². The van der Waals surface area contributed by atoms with E-state index < -0.39 is 12.1 Å². The highest BCUT2D eigenvalue weighted by Gasteiger charge is 2.24. The summed E-state index contributed by atoms with van der Waals surface area (Å²) in [5, 5.41) is 13.0. The van der Waals surface area contributed by atoms with Gasteiger partial charge in [-0.2, -0.15) is 4.98 Å². The van der Waals surface area contributed by atoms with Crippen LogP contribution in [0.2, 0.25) is 0 Å². The van der Waals surface area contributed by atoms with Crippen molar-refractivity contribution in [3.05, 3.63) is 35.2 Å². The zero-order valence-electron chi connectivity index (χ0n) is 16.9. The van der Waals surface area contributed by atoms with Gasteiger partial charge in [0.05, 0.1) is 12.2 Å². The summed E-state index contributed by atoms with van der Waals surface area (Å²) in [5.74, 6) is 0.939. The van der Waals surface area contributed by atoms with Gasteiger partial charge in [-0.15, -0.1) is 0 Å². The van der Waals surface area contributed by atoms with Gasteiger partial charge in [-0.05, 0) is 73.9 Å². The SMILES string of the molecule is CCC(F)c1nc(N2CCC(CCCOc3ccc(C(=O)O)c(C)c3)CC2)no1. The molecule has 3 rings (SSSR count). The molecule has 0 saturated carbocycles. The number of halogens is 1. The molecule has 2 aromatic rings. The van der Waals surface area contributed by atoms with Crippen LogP contribution in [0, 0.1) is 12.8 Å². The van der Waals surface area contributed by atoms with Gasteiger partial charge in [0, 0.05) is 13.1 Å². The van der Waals surface area contributed by atoms with E-state index in [9.17, 15) is 9.18 Å². The maximum Gasteiger partial charge on any atom is 0.335 e. The number of hydrogen-bond donors (Lipinski definition) is 1. The van der Waals surface area contributed by atoms with Crippen LogP contribution in [-0.2, 0) is 0 Å². The monoisotopic (exact) mass is 405 g/mol. The zero-order valence-corrected chi connectivity index (χ0v) is 16.9. The fourth-order valence-corrected chi connectivity index (χ4v) is 3.61. The number of alkyl halides is 1. The number of aromatic nitrogens is 2. The minimum Gasteiger partial charge on any atom is -0.494 e. The average Bonchev–Trinajstić information content (AvgIpc) is 3.21. The molecule has 1 unspecified atom stereocenters. The second-order valence-corrected chi connectivity index (χ2v) is 7.51. The molecule has 0 aliphatic carbocycles. The molecule has 8 heteroatoms. The third kappa shape index (κ3) is 5.46. The number of carboxylic acids is 1. The van der Waals surface area contributed by atoms with Crippen LogP contribution in [-0.4, -0.2) is 40.9 Å². The molecule has 1 fully saturated rings. The third-order valence-corrected chi connectivity index (χ3v) is 5.41. The Morgan fingerprint density at radius 3 is 2.83 bits per heavy atom. The molecule has 1 aliphatic heterocycles. The molecular weight excluding hydrogens is 377 g/mol. The summed E-state index contributed by atoms with van der Waals surface area (Å²) in [7, 11) is 0. The van der Waals surface area contributed by atoms with Gasteiger partial charge in [0.25, 0.3) is 11.8 Å². The second-order valence-electron chi connectivity index (χ2n) is 7.51. The first-order valence-electron chi connectivity index (χ1n) is 10.2. The maximum atomic E-state index is 13.6. The van der Waals surface area contributed by atoms with E-state index in [1.165, 1.54) is 0 Å². The quantitative estimate of drug-likeness (QED) is 0.611. The first kappa shape index (κ1) is 21.1. The third-order valence-electron chi connectivity index (χ3n) is 5.41. The largest absolute Gasteiger partial charge is 0.494 e. The number of hydrogen-bond acceptors (Lipinski definition) is 6. The Morgan fingerprint density at radius 1 is 1.41 bits per heavy atom. The Labute approximate surface area is 169 Å². The fourth-order valence-electron chi connectivity index (χ4n) is 3.61. The van der Waals surface area contributed by atoms with Gasteiger partial charge >= 0.3 is 5.97 Å². The Morgan fingerprint density at radius 2 is 2.17 bits per heavy atom. The minimum atomic E-state index is -1.20. The Bertz CT molecular complexity index is 818. The van der Waals surface area contributed by atoms with E-state index in [1.807, 2.05) is 0 Å². The van der Waals surface area contributed by atoms with Crippen molar-refractivity contribution in [2.75, 3.05) is 24.6 Å². The predicted molar refractivity (Wildman–Crippen MR) is 106 cm³/mol. The first-order valence-corrected chi connectivity index (χ1v) is 10.2. The molecule has 2 heterocycles. The summed E-state index contributed by atoms with van der Waals surface area (Å²) in [6, 6.07) is 5.05. The first-order chi connectivity index (χ1) is 14.0. The van der Waals surface area contributed by atoms with E-state index in [0.29, 0.717) is 41.8 Å². The summed E-state index contributed by atoms with van der Waals surface area (Å²) in [6.45, 7) is 5.80. The molecule has 1 aromatic heterocycles. The number of carbonyl (C=O) groups is 1. The molecule has 158 valence electrons. The molecule has 1 saturated heterocycles. The van der Waals surface area contributed by atoms with Crippen molar-refractivity contribution in [3.63, 3.8) is 0 Å². The summed E-state index contributed by atoms with van der Waals surface area (Å²) >= 11 is 0. The summed E-state index contributed by atoms with van der Waals surface area (Å²) in [5.41, 5.74) is 1.000. The van der Waals surface area contributed by atoms with Crippen molar-refractivity contribution < 1.29 is 23.6 Å². The van der Waals surface area contributed by atoms with Crippen LogP contribution < -0.4 is 9.64 Å². The summed E-state index contributed by atoms with van der Waals surface area (Å²) < 4.78 is 24.4. The number of piperidine rings is 1. The Hall–Kier alpha value is -2.64. The molecule has 1 aromatic carbocycles. The van der Waals surface area contributed by atoms with E-state index in [-0.39, 0.29) is 5.89 Å². The van der Waals surface area contributed by atoms with E-state index in [4.69, 9.17) is 14.4 Å². The van der Waals surface area contributed by atoms with Crippen LogP contribution in [0.1, 0.15) is 67.0 Å². The molecule has 0 radical (unpaired) electrons. The number of ether oxygens (including phenoxy) is 1. The van der Waals surface area contributed by atoms with Crippen molar-refractivity contribution in [2.45, 2.75) is 52.1 Å². The topological polar surface area (TPSA) is 88.7 Å². The molecule has 7 nitrogen and oxygen atoms in total. The van der Waals surface area contributed by atoms with Crippen molar-refractivity contribution >= 4 is 11.9 Å². The number of nitrogens with zero attached hydrogens (tertiary/aromatic N) is 3. The van der Waals surface area contributed by atoms with E-state index in [0.717, 1.165) is 38.8 Å². The normalized spacial score (nSPS) is 16.0. The van der Waals surface area contributed by atoms with Gasteiger partial charge in [0.1, 0.15) is 5.75 Å².